The number of carboxylic acid groups (broad SMARTS) is 1. The van der Waals surface area contributed by atoms with Gasteiger partial charge >= 0.3 is 5.97 Å². The number of benzene rings is 1. The number of carbonyl (C=O) groups is 1. The fraction of sp³-hybridized carbons (Fsp3) is 0.462. The Kier molecular flexibility index (Phi) is 7.76. The maximum Gasteiger partial charge on any atom is 0.337 e. The van der Waals surface area contributed by atoms with Crippen molar-refractivity contribution in [3.63, 3.8) is 0 Å². The van der Waals surface area contributed by atoms with Crippen molar-refractivity contribution >= 4 is 28.4 Å². The molecule has 0 saturated heterocycles. The molecule has 0 spiro atoms. The van der Waals surface area contributed by atoms with Crippen molar-refractivity contribution in [1.29, 1.82) is 0 Å². The van der Waals surface area contributed by atoms with Crippen LogP contribution in [0.2, 0.25) is 5.02 Å². The van der Waals surface area contributed by atoms with Gasteiger partial charge in [0.1, 0.15) is 0 Å². The van der Waals surface area contributed by atoms with Gasteiger partial charge in [-0.25, -0.2) is 4.79 Å². The first-order chi connectivity index (χ1) is 9.56. The minimum absolute atomic E-state index is 0.0335. The first-order valence-electron chi connectivity index (χ1n) is 6.04. The van der Waals surface area contributed by atoms with Crippen LogP contribution >= 0.6 is 11.6 Å². The number of hydrogen-bond donors (Lipinski definition) is 1. The Balaban J connectivity index is 2.47. The van der Waals surface area contributed by atoms with Crippen molar-refractivity contribution in [3.05, 3.63) is 28.8 Å². The molecule has 5 nitrogen and oxygen atoms in total. The van der Waals surface area contributed by atoms with Crippen LogP contribution in [0.25, 0.3) is 0 Å². The standard InChI is InChI=1S/C13H17ClO5S/c1-18-6-7-19-5-2-8-20(17)10-3-4-12(14)11(9-10)13(15)16/h3-4,9H,2,5-8H2,1H3,(H,15,16). The molecule has 0 heterocycles. The maximum atomic E-state index is 12.0. The van der Waals surface area contributed by atoms with Gasteiger partial charge in [-0.15, -0.1) is 0 Å². The van der Waals surface area contributed by atoms with Gasteiger partial charge in [-0.1, -0.05) is 11.6 Å². The highest BCUT2D eigenvalue weighted by molar-refractivity contribution is 7.85. The molecule has 0 aliphatic heterocycles. The molecular weight excluding hydrogens is 304 g/mol. The fourth-order valence-corrected chi connectivity index (χ4v) is 2.75. The van der Waals surface area contributed by atoms with Crippen LogP contribution in [-0.4, -0.2) is 48.0 Å². The van der Waals surface area contributed by atoms with Gasteiger partial charge in [0, 0.05) is 24.4 Å². The Morgan fingerprint density at radius 3 is 2.75 bits per heavy atom. The summed E-state index contributed by atoms with van der Waals surface area (Å²) in [6.07, 6.45) is 0.626. The van der Waals surface area contributed by atoms with E-state index < -0.39 is 16.8 Å². The number of methoxy groups -OCH3 is 1. The van der Waals surface area contributed by atoms with Gasteiger partial charge in [0.25, 0.3) is 0 Å². The highest BCUT2D eigenvalue weighted by Crippen LogP contribution is 2.20. The quantitative estimate of drug-likeness (QED) is 0.706. The van der Waals surface area contributed by atoms with E-state index in [1.165, 1.54) is 12.1 Å². The third kappa shape index (κ3) is 5.58. The fourth-order valence-electron chi connectivity index (χ4n) is 1.46. The summed E-state index contributed by atoms with van der Waals surface area (Å²) in [5.74, 6) is -0.718. The van der Waals surface area contributed by atoms with Gasteiger partial charge < -0.3 is 14.6 Å². The molecule has 20 heavy (non-hydrogen) atoms. The molecule has 112 valence electrons. The summed E-state index contributed by atoms with van der Waals surface area (Å²) in [5.41, 5.74) is -0.0335. The second-order valence-corrected chi connectivity index (χ2v) is 5.93. The number of hydrogen-bond acceptors (Lipinski definition) is 4. The lowest BCUT2D eigenvalue weighted by Crippen LogP contribution is -2.07. The zero-order valence-electron chi connectivity index (χ0n) is 11.1. The second-order valence-electron chi connectivity index (χ2n) is 3.96. The van der Waals surface area contributed by atoms with Crippen molar-refractivity contribution in [3.8, 4) is 0 Å². The van der Waals surface area contributed by atoms with E-state index in [9.17, 15) is 9.00 Å². The van der Waals surface area contributed by atoms with Gasteiger partial charge in [0.15, 0.2) is 0 Å². The van der Waals surface area contributed by atoms with Gasteiger partial charge in [-0.3, -0.25) is 4.21 Å². The molecule has 1 N–H and O–H groups in total. The van der Waals surface area contributed by atoms with Crippen molar-refractivity contribution in [2.24, 2.45) is 0 Å². The van der Waals surface area contributed by atoms with E-state index in [4.69, 9.17) is 26.2 Å². The van der Waals surface area contributed by atoms with Crippen LogP contribution < -0.4 is 0 Å². The van der Waals surface area contributed by atoms with E-state index in [-0.39, 0.29) is 10.6 Å². The monoisotopic (exact) mass is 320 g/mol. The summed E-state index contributed by atoms with van der Waals surface area (Å²) in [5, 5.41) is 9.09. The van der Waals surface area contributed by atoms with Crippen LogP contribution in [0.5, 0.6) is 0 Å². The molecule has 0 radical (unpaired) electrons. The first-order valence-corrected chi connectivity index (χ1v) is 7.74. The zero-order chi connectivity index (χ0) is 15.0. The number of ether oxygens (including phenoxy) is 2. The summed E-state index contributed by atoms with van der Waals surface area (Å²) in [4.78, 5) is 11.4. The van der Waals surface area contributed by atoms with Crippen molar-refractivity contribution in [2.75, 3.05) is 32.7 Å². The largest absolute Gasteiger partial charge is 0.478 e. The molecule has 1 aromatic carbocycles. The molecule has 0 aliphatic rings. The number of rotatable bonds is 9. The molecular formula is C13H17ClO5S. The predicted octanol–water partition coefficient (Wildman–Crippen LogP) is 2.20. The van der Waals surface area contributed by atoms with E-state index in [0.29, 0.717) is 36.9 Å². The van der Waals surface area contributed by atoms with E-state index >= 15 is 0 Å². The smallest absolute Gasteiger partial charge is 0.337 e. The van der Waals surface area contributed by atoms with Crippen LogP contribution in [0.3, 0.4) is 0 Å². The summed E-state index contributed by atoms with van der Waals surface area (Å²) in [6, 6.07) is 4.39. The van der Waals surface area contributed by atoms with Crippen LogP contribution in [0.4, 0.5) is 0 Å². The third-order valence-electron chi connectivity index (χ3n) is 2.48. The molecule has 0 amide bonds. The lowest BCUT2D eigenvalue weighted by Gasteiger charge is -2.06. The lowest BCUT2D eigenvalue weighted by molar-refractivity contribution is 0.0696. The summed E-state index contributed by atoms with van der Waals surface area (Å²) in [7, 11) is 0.337. The van der Waals surface area contributed by atoms with Crippen molar-refractivity contribution in [2.45, 2.75) is 11.3 Å². The number of halogens is 1. The minimum Gasteiger partial charge on any atom is -0.478 e. The summed E-state index contributed by atoms with van der Waals surface area (Å²) in [6.45, 7) is 1.53. The van der Waals surface area contributed by atoms with Gasteiger partial charge in [-0.2, -0.15) is 0 Å². The molecule has 0 saturated carbocycles. The topological polar surface area (TPSA) is 72.8 Å². The summed E-state index contributed by atoms with van der Waals surface area (Å²) >= 11 is 5.76. The molecule has 0 aromatic heterocycles. The van der Waals surface area contributed by atoms with E-state index in [2.05, 4.69) is 0 Å². The highest BCUT2D eigenvalue weighted by atomic mass is 35.5. The van der Waals surface area contributed by atoms with E-state index in [1.54, 1.807) is 13.2 Å². The maximum absolute atomic E-state index is 12.0. The first kappa shape index (κ1) is 17.1. The van der Waals surface area contributed by atoms with Crippen LogP contribution in [0.1, 0.15) is 16.8 Å². The van der Waals surface area contributed by atoms with E-state index in [1.807, 2.05) is 0 Å². The van der Waals surface area contributed by atoms with Crippen molar-refractivity contribution < 1.29 is 23.6 Å². The zero-order valence-corrected chi connectivity index (χ0v) is 12.7. The van der Waals surface area contributed by atoms with Gasteiger partial charge in [0.05, 0.1) is 34.6 Å². The Morgan fingerprint density at radius 1 is 1.35 bits per heavy atom. The number of aromatic carboxylic acids is 1. The Morgan fingerprint density at radius 2 is 2.10 bits per heavy atom. The Labute approximate surface area is 125 Å². The minimum atomic E-state index is -1.26. The van der Waals surface area contributed by atoms with Crippen LogP contribution in [0, 0.1) is 0 Å². The van der Waals surface area contributed by atoms with Gasteiger partial charge in [0.2, 0.25) is 0 Å². The summed E-state index contributed by atoms with van der Waals surface area (Å²) < 4.78 is 22.1. The highest BCUT2D eigenvalue weighted by Gasteiger charge is 2.12. The average Bonchev–Trinajstić information content (AvgIpc) is 2.42. The van der Waals surface area contributed by atoms with Crippen LogP contribution in [0.15, 0.2) is 23.1 Å². The average molecular weight is 321 g/mol. The normalized spacial score (nSPS) is 12.3. The second kappa shape index (κ2) is 9.07. The SMILES string of the molecule is COCCOCCCS(=O)c1ccc(Cl)c(C(=O)O)c1. The molecule has 0 aliphatic carbocycles. The molecule has 1 unspecified atom stereocenters. The molecule has 1 aromatic rings. The molecule has 0 bridgehead atoms. The molecule has 1 atom stereocenters. The third-order valence-corrected chi connectivity index (χ3v) is 4.25. The van der Waals surface area contributed by atoms with Crippen molar-refractivity contribution in [1.82, 2.24) is 0 Å². The molecule has 1 rings (SSSR count). The number of carboxylic acids is 1. The lowest BCUT2D eigenvalue weighted by atomic mass is 10.2. The molecule has 7 heteroatoms. The molecule has 0 fully saturated rings. The van der Waals surface area contributed by atoms with E-state index in [0.717, 1.165) is 0 Å². The Bertz CT molecular complexity index is 478. The van der Waals surface area contributed by atoms with Gasteiger partial charge in [-0.05, 0) is 24.6 Å². The Hall–Kier alpha value is -0.950. The van der Waals surface area contributed by atoms with Crippen LogP contribution in [-0.2, 0) is 20.3 Å². The predicted molar refractivity (Wildman–Crippen MR) is 77.0 cm³/mol.